The summed E-state index contributed by atoms with van der Waals surface area (Å²) < 4.78 is 0. The summed E-state index contributed by atoms with van der Waals surface area (Å²) in [6, 6.07) is 8.49. The number of hydrogen-bond acceptors (Lipinski definition) is 3. The Labute approximate surface area is 165 Å². The molecule has 3 nitrogen and oxygen atoms in total. The molecule has 1 aromatic heterocycles. The smallest absolute Gasteiger partial charge is 0.255 e. The topological polar surface area (TPSA) is 45.8 Å². The van der Waals surface area contributed by atoms with E-state index in [1.807, 2.05) is 6.92 Å². The minimum atomic E-state index is -0.137. The first-order valence-electron chi connectivity index (χ1n) is 9.99. The summed E-state index contributed by atoms with van der Waals surface area (Å²) in [5, 5.41) is 0.699. The quantitative estimate of drug-likeness (QED) is 0.433. The van der Waals surface area contributed by atoms with E-state index in [1.165, 1.54) is 37.7 Å². The van der Waals surface area contributed by atoms with Crippen LogP contribution in [-0.2, 0) is 11.8 Å². The Balaban J connectivity index is 1.87. The largest absolute Gasteiger partial charge is 0.301 e. The minimum absolute atomic E-state index is 0.0480. The van der Waals surface area contributed by atoms with Crippen LogP contribution in [0.3, 0.4) is 0 Å². The summed E-state index contributed by atoms with van der Waals surface area (Å²) >= 11 is 1.56. The highest BCUT2D eigenvalue weighted by atomic mass is 32.2. The number of thioether (sulfide) groups is 1. The summed E-state index contributed by atoms with van der Waals surface area (Å²) in [5.74, 6) is 1.32. The maximum atomic E-state index is 13.3. The Hall–Kier alpha value is -1.81. The molecule has 1 fully saturated rings. The highest BCUT2D eigenvalue weighted by Crippen LogP contribution is 2.48. The number of rotatable bonds is 4. The number of aromatic amines is 1. The van der Waals surface area contributed by atoms with E-state index in [9.17, 15) is 4.79 Å². The van der Waals surface area contributed by atoms with Gasteiger partial charge in [-0.05, 0) is 37.7 Å². The number of fused-ring (bicyclic) bond motifs is 3. The molecule has 0 saturated heterocycles. The van der Waals surface area contributed by atoms with Gasteiger partial charge in [0.2, 0.25) is 0 Å². The van der Waals surface area contributed by atoms with Crippen LogP contribution < -0.4 is 5.56 Å². The van der Waals surface area contributed by atoms with Crippen molar-refractivity contribution in [3.63, 3.8) is 0 Å². The van der Waals surface area contributed by atoms with Gasteiger partial charge in [-0.15, -0.1) is 0 Å². The first-order chi connectivity index (χ1) is 13.0. The normalized spacial score (nSPS) is 22.1. The van der Waals surface area contributed by atoms with Gasteiger partial charge < -0.3 is 4.98 Å². The van der Waals surface area contributed by atoms with Crippen LogP contribution in [0.25, 0.3) is 11.3 Å². The van der Waals surface area contributed by atoms with Gasteiger partial charge in [0.1, 0.15) is 0 Å². The lowest BCUT2D eigenvalue weighted by atomic mass is 9.60. The Morgan fingerprint density at radius 1 is 1.30 bits per heavy atom. The zero-order chi connectivity index (χ0) is 19.0. The van der Waals surface area contributed by atoms with E-state index in [2.05, 4.69) is 42.8 Å². The molecule has 0 bridgehead atoms. The molecule has 2 aliphatic rings. The zero-order valence-corrected chi connectivity index (χ0v) is 17.1. The molecule has 0 amide bonds. The molecule has 1 saturated carbocycles. The van der Waals surface area contributed by atoms with E-state index in [0.29, 0.717) is 11.1 Å². The van der Waals surface area contributed by atoms with Crippen molar-refractivity contribution >= 4 is 11.8 Å². The maximum absolute atomic E-state index is 13.3. The van der Waals surface area contributed by atoms with Crippen molar-refractivity contribution in [2.75, 3.05) is 5.75 Å². The van der Waals surface area contributed by atoms with Crippen molar-refractivity contribution in [1.82, 2.24) is 9.97 Å². The third-order valence-electron chi connectivity index (χ3n) is 6.26. The molecule has 0 aliphatic heterocycles. The van der Waals surface area contributed by atoms with Crippen molar-refractivity contribution in [1.29, 1.82) is 0 Å². The van der Waals surface area contributed by atoms with E-state index < -0.39 is 0 Å². The molecule has 0 radical (unpaired) electrons. The Bertz CT molecular complexity index is 926. The Morgan fingerprint density at radius 3 is 2.78 bits per heavy atom. The van der Waals surface area contributed by atoms with Crippen molar-refractivity contribution in [2.24, 2.45) is 5.92 Å². The first-order valence-corrected chi connectivity index (χ1v) is 11.0. The third kappa shape index (κ3) is 3.40. The molecule has 1 atom stereocenters. The van der Waals surface area contributed by atoms with Crippen LogP contribution in [0.5, 0.6) is 0 Å². The first kappa shape index (κ1) is 18.5. The molecule has 4 heteroatoms. The molecular formula is C23H28N2OS. The molecule has 0 unspecified atom stereocenters. The summed E-state index contributed by atoms with van der Waals surface area (Å²) in [5.41, 5.74) is 5.25. The predicted octanol–water partition coefficient (Wildman–Crippen LogP) is 5.50. The minimum Gasteiger partial charge on any atom is -0.301 e. The van der Waals surface area contributed by atoms with Crippen molar-refractivity contribution in [2.45, 2.75) is 62.9 Å². The Morgan fingerprint density at radius 2 is 2.04 bits per heavy atom. The van der Waals surface area contributed by atoms with Crippen LogP contribution in [0, 0.1) is 5.92 Å². The second-order valence-corrected chi connectivity index (χ2v) is 9.39. The van der Waals surface area contributed by atoms with Gasteiger partial charge in [-0.25, -0.2) is 4.98 Å². The average Bonchev–Trinajstić information content (AvgIpc) is 2.67. The summed E-state index contributed by atoms with van der Waals surface area (Å²) in [6.07, 6.45) is 7.22. The molecule has 27 heavy (non-hydrogen) atoms. The zero-order valence-electron chi connectivity index (χ0n) is 16.3. The lowest BCUT2D eigenvalue weighted by molar-refractivity contribution is 0.213. The van der Waals surface area contributed by atoms with Crippen LogP contribution in [-0.4, -0.2) is 15.7 Å². The number of hydrogen-bond donors (Lipinski definition) is 1. The van der Waals surface area contributed by atoms with Gasteiger partial charge in [0.15, 0.2) is 5.16 Å². The number of H-pyrrole nitrogens is 1. The monoisotopic (exact) mass is 380 g/mol. The SMILES string of the molecule is C=C(C)CSc1nc2c(c(=O)[nH]1)[C@@](C)(C1CCCCC1)Cc1ccccc1-2. The second-order valence-electron chi connectivity index (χ2n) is 8.43. The molecule has 142 valence electrons. The van der Waals surface area contributed by atoms with Gasteiger partial charge >= 0.3 is 0 Å². The van der Waals surface area contributed by atoms with Gasteiger partial charge in [0, 0.05) is 16.7 Å². The van der Waals surface area contributed by atoms with E-state index in [-0.39, 0.29) is 11.0 Å². The van der Waals surface area contributed by atoms with Gasteiger partial charge in [0.05, 0.1) is 11.3 Å². The predicted molar refractivity (Wildman–Crippen MR) is 113 cm³/mol. The maximum Gasteiger partial charge on any atom is 0.255 e. The van der Waals surface area contributed by atoms with Crippen LogP contribution in [0.1, 0.15) is 57.1 Å². The lowest BCUT2D eigenvalue weighted by Gasteiger charge is -2.43. The van der Waals surface area contributed by atoms with Gasteiger partial charge in [-0.2, -0.15) is 0 Å². The van der Waals surface area contributed by atoms with Crippen LogP contribution >= 0.6 is 11.8 Å². The number of benzene rings is 1. The lowest BCUT2D eigenvalue weighted by Crippen LogP contribution is -2.43. The molecule has 4 rings (SSSR count). The summed E-state index contributed by atoms with van der Waals surface area (Å²) in [7, 11) is 0. The fourth-order valence-electron chi connectivity index (χ4n) is 4.91. The second kappa shape index (κ2) is 7.31. The van der Waals surface area contributed by atoms with Gasteiger partial charge in [-0.3, -0.25) is 4.79 Å². The van der Waals surface area contributed by atoms with Crippen LogP contribution in [0.2, 0.25) is 0 Å². The Kier molecular flexibility index (Phi) is 5.02. The highest BCUT2D eigenvalue weighted by Gasteiger charge is 2.44. The standard InChI is InChI=1S/C23H28N2OS/c1-15(2)14-27-22-24-20-18-12-8-7-9-16(18)13-23(3,19(20)21(26)25-22)17-10-5-4-6-11-17/h7-9,12,17H,1,4-6,10-11,13-14H2,2-3H3,(H,24,25,26)/t23-/m1/s1. The summed E-state index contributed by atoms with van der Waals surface area (Å²) in [6.45, 7) is 8.26. The van der Waals surface area contributed by atoms with E-state index in [1.54, 1.807) is 11.8 Å². The highest BCUT2D eigenvalue weighted by molar-refractivity contribution is 7.99. The van der Waals surface area contributed by atoms with Crippen molar-refractivity contribution < 1.29 is 0 Å². The molecule has 2 aliphatic carbocycles. The number of nitrogens with one attached hydrogen (secondary N) is 1. The van der Waals surface area contributed by atoms with Crippen molar-refractivity contribution in [3.8, 4) is 11.3 Å². The van der Waals surface area contributed by atoms with Gasteiger partial charge in [-0.1, -0.05) is 74.4 Å². The van der Waals surface area contributed by atoms with Crippen LogP contribution in [0.4, 0.5) is 0 Å². The van der Waals surface area contributed by atoms with E-state index in [0.717, 1.165) is 34.6 Å². The van der Waals surface area contributed by atoms with Gasteiger partial charge in [0.25, 0.3) is 5.56 Å². The fraction of sp³-hybridized carbons (Fsp3) is 0.478. The molecule has 2 aromatic rings. The summed E-state index contributed by atoms with van der Waals surface area (Å²) in [4.78, 5) is 21.3. The third-order valence-corrected chi connectivity index (χ3v) is 7.36. The molecule has 0 spiro atoms. The average molecular weight is 381 g/mol. The van der Waals surface area contributed by atoms with E-state index in [4.69, 9.17) is 4.98 Å². The fourth-order valence-corrected chi connectivity index (χ4v) is 5.62. The van der Waals surface area contributed by atoms with Crippen LogP contribution in [0.15, 0.2) is 46.4 Å². The molecular weight excluding hydrogens is 352 g/mol. The molecule has 1 heterocycles. The van der Waals surface area contributed by atoms with Crippen molar-refractivity contribution in [3.05, 3.63) is 57.9 Å². The van der Waals surface area contributed by atoms with E-state index >= 15 is 0 Å². The molecule has 1 aromatic carbocycles. The molecule has 1 N–H and O–H groups in total. The number of aromatic nitrogens is 2. The number of nitrogens with zero attached hydrogens (tertiary/aromatic N) is 1.